The number of rotatable bonds is 6. The van der Waals surface area contributed by atoms with Crippen LogP contribution in [0.2, 0.25) is 0 Å². The molecule has 3 nitrogen and oxygen atoms in total. The Bertz CT molecular complexity index is 417. The number of ketones is 1. The van der Waals surface area contributed by atoms with Gasteiger partial charge in [0.05, 0.1) is 18.8 Å². The molecular formula is C13H15FO3S. The maximum Gasteiger partial charge on any atom is 0.306 e. The molecule has 5 heteroatoms. The van der Waals surface area contributed by atoms with Crippen molar-refractivity contribution in [3.8, 4) is 0 Å². The van der Waals surface area contributed by atoms with Gasteiger partial charge in [-0.25, -0.2) is 4.39 Å². The minimum Gasteiger partial charge on any atom is -0.469 e. The number of hydrogen-bond acceptors (Lipinski definition) is 4. The first kappa shape index (κ1) is 14.7. The number of carbonyl (C=O) groups excluding carboxylic acids is 2. The van der Waals surface area contributed by atoms with Crippen LogP contribution in [-0.4, -0.2) is 29.9 Å². The molecule has 1 aromatic rings. The van der Waals surface area contributed by atoms with E-state index >= 15 is 0 Å². The van der Waals surface area contributed by atoms with Crippen LogP contribution in [0, 0.1) is 5.82 Å². The summed E-state index contributed by atoms with van der Waals surface area (Å²) in [5.74, 6) is -0.188. The summed E-state index contributed by atoms with van der Waals surface area (Å²) in [6.45, 7) is 1.77. The quantitative estimate of drug-likeness (QED) is 0.589. The Hall–Kier alpha value is -1.36. The van der Waals surface area contributed by atoms with Crippen LogP contribution in [0.5, 0.6) is 0 Å². The Labute approximate surface area is 110 Å². The second kappa shape index (κ2) is 7.16. The monoisotopic (exact) mass is 270 g/mol. The number of hydrogen-bond donors (Lipinski definition) is 0. The fourth-order valence-electron chi connectivity index (χ4n) is 1.35. The normalized spacial score (nSPS) is 11.9. The molecule has 0 spiro atoms. The van der Waals surface area contributed by atoms with Gasteiger partial charge in [0.1, 0.15) is 5.82 Å². The molecule has 0 fully saturated rings. The third kappa shape index (κ3) is 4.49. The molecule has 1 unspecified atom stereocenters. The zero-order valence-electron chi connectivity index (χ0n) is 10.3. The van der Waals surface area contributed by atoms with Crippen LogP contribution >= 0.6 is 11.8 Å². The van der Waals surface area contributed by atoms with Crippen molar-refractivity contribution in [1.29, 1.82) is 0 Å². The van der Waals surface area contributed by atoms with Crippen molar-refractivity contribution in [1.82, 2.24) is 0 Å². The standard InChI is InChI=1S/C13H15FO3S/c1-9(18-8-7-12(15)17-2)13(16)10-3-5-11(14)6-4-10/h3-6,9H,7-8H2,1-2H3. The third-order valence-electron chi connectivity index (χ3n) is 2.40. The molecule has 0 aromatic heterocycles. The van der Waals surface area contributed by atoms with Crippen LogP contribution in [-0.2, 0) is 9.53 Å². The number of thioether (sulfide) groups is 1. The molecule has 18 heavy (non-hydrogen) atoms. The molecular weight excluding hydrogens is 255 g/mol. The first-order valence-corrected chi connectivity index (χ1v) is 6.57. The Morgan fingerprint density at radius 2 is 1.94 bits per heavy atom. The van der Waals surface area contributed by atoms with Gasteiger partial charge in [0.15, 0.2) is 5.78 Å². The molecule has 1 aromatic carbocycles. The average Bonchev–Trinajstić information content (AvgIpc) is 2.38. The van der Waals surface area contributed by atoms with E-state index in [1.807, 2.05) is 0 Å². The number of benzene rings is 1. The summed E-state index contributed by atoms with van der Waals surface area (Å²) in [5, 5.41) is -0.264. The van der Waals surface area contributed by atoms with Crippen LogP contribution < -0.4 is 0 Å². The van der Waals surface area contributed by atoms with E-state index in [0.29, 0.717) is 11.3 Å². The van der Waals surface area contributed by atoms with Gasteiger partial charge in [0.25, 0.3) is 0 Å². The minimum absolute atomic E-state index is 0.0649. The maximum atomic E-state index is 12.7. The fraction of sp³-hybridized carbons (Fsp3) is 0.385. The highest BCUT2D eigenvalue weighted by Crippen LogP contribution is 2.17. The molecule has 0 bridgehead atoms. The molecule has 0 aliphatic heterocycles. The lowest BCUT2D eigenvalue weighted by Gasteiger charge is -2.09. The first-order chi connectivity index (χ1) is 8.54. The molecule has 1 rings (SSSR count). The van der Waals surface area contributed by atoms with E-state index in [9.17, 15) is 14.0 Å². The third-order valence-corrected chi connectivity index (χ3v) is 3.55. The van der Waals surface area contributed by atoms with Gasteiger partial charge in [-0.2, -0.15) is 0 Å². The predicted octanol–water partition coefficient (Wildman–Crippen LogP) is 2.69. The second-order valence-electron chi connectivity index (χ2n) is 3.71. The zero-order chi connectivity index (χ0) is 13.5. The van der Waals surface area contributed by atoms with Crippen LogP contribution in [0.15, 0.2) is 24.3 Å². The van der Waals surface area contributed by atoms with Gasteiger partial charge in [0, 0.05) is 11.3 Å². The van der Waals surface area contributed by atoms with Gasteiger partial charge in [0.2, 0.25) is 0 Å². The van der Waals surface area contributed by atoms with E-state index in [-0.39, 0.29) is 29.2 Å². The summed E-state index contributed by atoms with van der Waals surface area (Å²) in [5.41, 5.74) is 0.481. The van der Waals surface area contributed by atoms with E-state index in [0.717, 1.165) is 0 Å². The van der Waals surface area contributed by atoms with Gasteiger partial charge in [-0.3, -0.25) is 9.59 Å². The van der Waals surface area contributed by atoms with Crippen molar-refractivity contribution in [2.75, 3.05) is 12.9 Å². The van der Waals surface area contributed by atoms with E-state index in [1.165, 1.54) is 43.1 Å². The first-order valence-electron chi connectivity index (χ1n) is 5.52. The molecule has 0 aliphatic rings. The Morgan fingerprint density at radius 1 is 1.33 bits per heavy atom. The molecule has 0 saturated heterocycles. The zero-order valence-corrected chi connectivity index (χ0v) is 11.1. The van der Waals surface area contributed by atoms with Crippen LogP contribution in [0.4, 0.5) is 4.39 Å². The summed E-state index contributed by atoms with van der Waals surface area (Å²) in [6, 6.07) is 5.46. The lowest BCUT2D eigenvalue weighted by atomic mass is 10.1. The highest BCUT2D eigenvalue weighted by molar-refractivity contribution is 8.00. The van der Waals surface area contributed by atoms with Gasteiger partial charge >= 0.3 is 5.97 Å². The summed E-state index contributed by atoms with van der Waals surface area (Å²) >= 11 is 1.38. The molecule has 0 N–H and O–H groups in total. The van der Waals surface area contributed by atoms with Crippen LogP contribution in [0.25, 0.3) is 0 Å². The second-order valence-corrected chi connectivity index (χ2v) is 5.16. The van der Waals surface area contributed by atoms with E-state index in [1.54, 1.807) is 6.92 Å². The van der Waals surface area contributed by atoms with Crippen LogP contribution in [0.3, 0.4) is 0 Å². The average molecular weight is 270 g/mol. The molecule has 1 atom stereocenters. The van der Waals surface area contributed by atoms with Crippen molar-refractivity contribution >= 4 is 23.5 Å². The highest BCUT2D eigenvalue weighted by atomic mass is 32.2. The molecule has 0 aliphatic carbocycles. The fourth-order valence-corrected chi connectivity index (χ4v) is 2.27. The van der Waals surface area contributed by atoms with Gasteiger partial charge in [-0.15, -0.1) is 11.8 Å². The highest BCUT2D eigenvalue weighted by Gasteiger charge is 2.16. The number of esters is 1. The molecule has 98 valence electrons. The van der Waals surface area contributed by atoms with Crippen molar-refractivity contribution in [2.45, 2.75) is 18.6 Å². The smallest absolute Gasteiger partial charge is 0.306 e. The Morgan fingerprint density at radius 3 is 2.50 bits per heavy atom. The minimum atomic E-state index is -0.363. The van der Waals surface area contributed by atoms with E-state index in [4.69, 9.17) is 0 Å². The topological polar surface area (TPSA) is 43.4 Å². The SMILES string of the molecule is COC(=O)CCSC(C)C(=O)c1ccc(F)cc1. The summed E-state index contributed by atoms with van der Waals surface area (Å²) in [4.78, 5) is 22.9. The summed E-state index contributed by atoms with van der Waals surface area (Å²) in [6.07, 6.45) is 0.280. The lowest BCUT2D eigenvalue weighted by Crippen LogP contribution is -2.15. The predicted molar refractivity (Wildman–Crippen MR) is 69.3 cm³/mol. The van der Waals surface area contributed by atoms with Crippen LogP contribution in [0.1, 0.15) is 23.7 Å². The molecule has 0 radical (unpaired) electrons. The lowest BCUT2D eigenvalue weighted by molar-refractivity contribution is -0.140. The number of carbonyl (C=O) groups is 2. The van der Waals surface area contributed by atoms with Gasteiger partial charge < -0.3 is 4.74 Å². The largest absolute Gasteiger partial charge is 0.469 e. The van der Waals surface area contributed by atoms with E-state index < -0.39 is 0 Å². The Balaban J connectivity index is 2.46. The van der Waals surface area contributed by atoms with Gasteiger partial charge in [-0.05, 0) is 31.2 Å². The maximum absolute atomic E-state index is 12.7. The number of ether oxygens (including phenoxy) is 1. The number of halogens is 1. The van der Waals surface area contributed by atoms with Gasteiger partial charge in [-0.1, -0.05) is 0 Å². The molecule has 0 heterocycles. The Kier molecular flexibility index (Phi) is 5.85. The molecule has 0 amide bonds. The summed E-state index contributed by atoms with van der Waals surface area (Å²) < 4.78 is 17.2. The van der Waals surface area contributed by atoms with Crippen molar-refractivity contribution in [3.05, 3.63) is 35.6 Å². The van der Waals surface area contributed by atoms with Crippen molar-refractivity contribution in [2.24, 2.45) is 0 Å². The summed E-state index contributed by atoms with van der Waals surface area (Å²) in [7, 11) is 1.33. The number of methoxy groups -OCH3 is 1. The molecule has 0 saturated carbocycles. The van der Waals surface area contributed by atoms with E-state index in [2.05, 4.69) is 4.74 Å². The van der Waals surface area contributed by atoms with Crippen molar-refractivity contribution in [3.63, 3.8) is 0 Å². The van der Waals surface area contributed by atoms with Crippen molar-refractivity contribution < 1.29 is 18.7 Å². The number of Topliss-reactive ketones (excluding diaryl/α,β-unsaturated/α-hetero) is 1.